The van der Waals surface area contributed by atoms with E-state index in [0.717, 1.165) is 6.20 Å². The third kappa shape index (κ3) is 4.38. The van der Waals surface area contributed by atoms with Crippen molar-refractivity contribution in [1.29, 1.82) is 0 Å². The number of hydrogen-bond donors (Lipinski definition) is 2. The number of fused-ring (bicyclic) bond motifs is 2. The minimum atomic E-state index is -2.87. The number of halogens is 5. The van der Waals surface area contributed by atoms with E-state index in [1.807, 2.05) is 0 Å². The summed E-state index contributed by atoms with van der Waals surface area (Å²) >= 11 is 6.35. The standard InChI is InChI=1S/C27H18ClF4N5O2/c28-20-3-1-17(30)10-18(20)24-23-19(25(38)35-24)8-14(15-11-33-37(12-15)26(31)32)9-21(23)34-27(39)36-6-5-13-7-16(29)2-4-22(13)36/h1-4,7-12,24,26H,5-6H2,(H,34,39)(H,35,38)/t24-/m1/s1. The Morgan fingerprint density at radius 2 is 1.85 bits per heavy atom. The molecular weight excluding hydrogens is 538 g/mol. The van der Waals surface area contributed by atoms with E-state index in [9.17, 15) is 27.2 Å². The van der Waals surface area contributed by atoms with Crippen LogP contribution in [-0.4, -0.2) is 28.3 Å². The Morgan fingerprint density at radius 1 is 1.08 bits per heavy atom. The summed E-state index contributed by atoms with van der Waals surface area (Å²) < 4.78 is 54.7. The van der Waals surface area contributed by atoms with Crippen LogP contribution in [0.5, 0.6) is 0 Å². The fourth-order valence-electron chi connectivity index (χ4n) is 5.03. The molecule has 2 aliphatic heterocycles. The van der Waals surface area contributed by atoms with Crippen molar-refractivity contribution in [2.45, 2.75) is 19.0 Å². The molecule has 3 amide bonds. The molecule has 3 heterocycles. The minimum Gasteiger partial charge on any atom is -0.341 e. The van der Waals surface area contributed by atoms with Gasteiger partial charge in [-0.25, -0.2) is 18.3 Å². The maximum Gasteiger partial charge on any atom is 0.333 e. The molecule has 198 valence electrons. The number of benzene rings is 3. The molecule has 3 aromatic carbocycles. The van der Waals surface area contributed by atoms with Gasteiger partial charge in [-0.1, -0.05) is 11.6 Å². The van der Waals surface area contributed by atoms with Gasteiger partial charge in [0.25, 0.3) is 5.91 Å². The lowest BCUT2D eigenvalue weighted by molar-refractivity contribution is 0.0566. The zero-order valence-electron chi connectivity index (χ0n) is 19.9. The smallest absolute Gasteiger partial charge is 0.333 e. The van der Waals surface area contributed by atoms with Crippen LogP contribution in [-0.2, 0) is 6.42 Å². The normalized spacial score (nSPS) is 15.9. The Balaban J connectivity index is 1.46. The first-order valence-electron chi connectivity index (χ1n) is 11.8. The highest BCUT2D eigenvalue weighted by molar-refractivity contribution is 6.31. The number of urea groups is 1. The van der Waals surface area contributed by atoms with Crippen molar-refractivity contribution < 1.29 is 27.2 Å². The van der Waals surface area contributed by atoms with Crippen molar-refractivity contribution in [2.75, 3.05) is 16.8 Å². The van der Waals surface area contributed by atoms with E-state index < -0.39 is 36.2 Å². The fourth-order valence-corrected chi connectivity index (χ4v) is 5.26. The largest absolute Gasteiger partial charge is 0.341 e. The summed E-state index contributed by atoms with van der Waals surface area (Å²) in [5.74, 6) is -1.50. The first kappa shape index (κ1) is 24.9. The maximum absolute atomic E-state index is 14.2. The zero-order valence-corrected chi connectivity index (χ0v) is 20.6. The Labute approximate surface area is 224 Å². The molecular formula is C27H18ClF4N5O2. The molecule has 4 aromatic rings. The molecule has 0 bridgehead atoms. The van der Waals surface area contributed by atoms with Crippen LogP contribution in [0, 0.1) is 11.6 Å². The first-order chi connectivity index (χ1) is 18.7. The quantitative estimate of drug-likeness (QED) is 0.290. The molecule has 6 rings (SSSR count). The van der Waals surface area contributed by atoms with E-state index in [0.29, 0.717) is 40.0 Å². The van der Waals surface area contributed by atoms with E-state index in [1.54, 1.807) is 0 Å². The summed E-state index contributed by atoms with van der Waals surface area (Å²) in [6.45, 7) is -2.57. The van der Waals surface area contributed by atoms with Gasteiger partial charge in [0, 0.05) is 51.4 Å². The lowest BCUT2D eigenvalue weighted by Gasteiger charge is -2.22. The van der Waals surface area contributed by atoms with E-state index in [2.05, 4.69) is 15.7 Å². The molecule has 39 heavy (non-hydrogen) atoms. The van der Waals surface area contributed by atoms with Crippen molar-refractivity contribution in [2.24, 2.45) is 0 Å². The Hall–Kier alpha value is -4.38. The van der Waals surface area contributed by atoms with Gasteiger partial charge in [0.15, 0.2) is 0 Å². The number of hydrogen-bond acceptors (Lipinski definition) is 3. The van der Waals surface area contributed by atoms with Crippen molar-refractivity contribution >= 4 is 34.9 Å². The van der Waals surface area contributed by atoms with Gasteiger partial charge in [-0.2, -0.15) is 13.9 Å². The lowest BCUT2D eigenvalue weighted by atomic mass is 9.93. The van der Waals surface area contributed by atoms with Crippen LogP contribution < -0.4 is 15.5 Å². The third-order valence-electron chi connectivity index (χ3n) is 6.82. The maximum atomic E-state index is 14.2. The second-order valence-electron chi connectivity index (χ2n) is 9.15. The number of anilines is 2. The number of nitrogens with zero attached hydrogens (tertiary/aromatic N) is 3. The Morgan fingerprint density at radius 3 is 2.62 bits per heavy atom. The average Bonchev–Trinajstić information content (AvgIpc) is 3.63. The fraction of sp³-hybridized carbons (Fsp3) is 0.148. The molecule has 2 aliphatic rings. The minimum absolute atomic E-state index is 0.154. The van der Waals surface area contributed by atoms with E-state index in [4.69, 9.17) is 11.6 Å². The van der Waals surface area contributed by atoms with E-state index in [-0.39, 0.29) is 27.4 Å². The molecule has 2 N–H and O–H groups in total. The Bertz CT molecular complexity index is 1660. The van der Waals surface area contributed by atoms with Crippen LogP contribution in [0.3, 0.4) is 0 Å². The summed E-state index contributed by atoms with van der Waals surface area (Å²) in [4.78, 5) is 28.0. The third-order valence-corrected chi connectivity index (χ3v) is 7.16. The summed E-state index contributed by atoms with van der Waals surface area (Å²) in [5.41, 5.74) is 2.81. The van der Waals surface area contributed by atoms with Crippen molar-refractivity contribution in [1.82, 2.24) is 15.1 Å². The highest BCUT2D eigenvalue weighted by atomic mass is 35.5. The van der Waals surface area contributed by atoms with Crippen molar-refractivity contribution in [3.8, 4) is 11.1 Å². The summed E-state index contributed by atoms with van der Waals surface area (Å²) in [7, 11) is 0. The predicted octanol–water partition coefficient (Wildman–Crippen LogP) is 6.30. The van der Waals surface area contributed by atoms with Crippen molar-refractivity contribution in [3.63, 3.8) is 0 Å². The van der Waals surface area contributed by atoms with Gasteiger partial charge < -0.3 is 10.6 Å². The Kier molecular flexibility index (Phi) is 6.02. The molecule has 0 radical (unpaired) electrons. The molecule has 0 aliphatic carbocycles. The zero-order chi connectivity index (χ0) is 27.4. The van der Waals surface area contributed by atoms with Gasteiger partial charge in [-0.15, -0.1) is 0 Å². The summed E-state index contributed by atoms with van der Waals surface area (Å²) in [6, 6.07) is 9.46. The molecule has 1 aromatic heterocycles. The highest BCUT2D eigenvalue weighted by Crippen LogP contribution is 2.42. The van der Waals surface area contributed by atoms with E-state index >= 15 is 0 Å². The number of carbonyl (C=O) groups excluding carboxylic acids is 2. The molecule has 1 atom stereocenters. The SMILES string of the molecule is O=C1N[C@H](c2cc(F)ccc2Cl)c2c(NC(=O)N3CCc4cc(F)ccc43)cc(-c3cnn(C(F)F)c3)cc21. The van der Waals surface area contributed by atoms with Crippen LogP contribution in [0.1, 0.15) is 39.6 Å². The summed E-state index contributed by atoms with van der Waals surface area (Å²) in [5, 5.41) is 9.45. The molecule has 7 nitrogen and oxygen atoms in total. The van der Waals surface area contributed by atoms with Crippen molar-refractivity contribution in [3.05, 3.63) is 99.8 Å². The topological polar surface area (TPSA) is 79.3 Å². The predicted molar refractivity (Wildman–Crippen MR) is 136 cm³/mol. The molecule has 0 fully saturated rings. The number of alkyl halides is 2. The number of rotatable bonds is 4. The molecule has 0 saturated carbocycles. The lowest BCUT2D eigenvalue weighted by Crippen LogP contribution is -2.33. The van der Waals surface area contributed by atoms with Crippen LogP contribution in [0.25, 0.3) is 11.1 Å². The number of nitrogens with one attached hydrogen (secondary N) is 2. The average molecular weight is 556 g/mol. The van der Waals surface area contributed by atoms with E-state index in [1.165, 1.54) is 59.6 Å². The number of amides is 3. The number of carbonyl (C=O) groups is 2. The van der Waals surface area contributed by atoms with Crippen LogP contribution in [0.4, 0.5) is 33.7 Å². The van der Waals surface area contributed by atoms with Gasteiger partial charge >= 0.3 is 12.6 Å². The van der Waals surface area contributed by atoms with Crippen LogP contribution in [0.15, 0.2) is 60.9 Å². The highest BCUT2D eigenvalue weighted by Gasteiger charge is 2.36. The van der Waals surface area contributed by atoms with Gasteiger partial charge in [0.1, 0.15) is 11.6 Å². The van der Waals surface area contributed by atoms with Gasteiger partial charge in [-0.3, -0.25) is 9.69 Å². The van der Waals surface area contributed by atoms with Crippen LogP contribution in [0.2, 0.25) is 5.02 Å². The molecule has 0 spiro atoms. The van der Waals surface area contributed by atoms with Gasteiger partial charge in [0.05, 0.1) is 12.2 Å². The molecule has 0 unspecified atom stereocenters. The molecule has 0 saturated heterocycles. The first-order valence-corrected chi connectivity index (χ1v) is 12.2. The van der Waals surface area contributed by atoms with Gasteiger partial charge in [0.2, 0.25) is 0 Å². The second kappa shape index (κ2) is 9.42. The summed E-state index contributed by atoms with van der Waals surface area (Å²) in [6.07, 6.45) is 2.79. The van der Waals surface area contributed by atoms with Gasteiger partial charge in [-0.05, 0) is 66.1 Å². The number of aromatic nitrogens is 2. The van der Waals surface area contributed by atoms with Crippen LogP contribution >= 0.6 is 11.6 Å². The monoisotopic (exact) mass is 555 g/mol. The molecule has 12 heteroatoms. The second-order valence-corrected chi connectivity index (χ2v) is 9.56.